The summed E-state index contributed by atoms with van der Waals surface area (Å²) < 4.78 is 20.7. The standard InChI is InChI=1S/C26H22N2O8/c1-15-4-7-17(8-5-15)24(30)36-20-10-6-16(13-22(20)33-2)12-19-23(29)28(26(32)27-19)14-18-9-11-21(35-18)25(31)34-3/h4-13H,14H2,1-3H3,(H,27,32). The van der Waals surface area contributed by atoms with E-state index in [1.807, 2.05) is 19.1 Å². The predicted octanol–water partition coefficient (Wildman–Crippen LogP) is 3.70. The third-order valence-corrected chi connectivity index (χ3v) is 5.31. The van der Waals surface area contributed by atoms with Crippen molar-refractivity contribution in [3.8, 4) is 11.5 Å². The lowest BCUT2D eigenvalue weighted by molar-refractivity contribution is -0.123. The van der Waals surface area contributed by atoms with Crippen LogP contribution < -0.4 is 14.8 Å². The normalized spacial score (nSPS) is 14.1. The van der Waals surface area contributed by atoms with Gasteiger partial charge in [-0.3, -0.25) is 9.69 Å². The number of rotatable bonds is 7. The van der Waals surface area contributed by atoms with Crippen LogP contribution in [0.2, 0.25) is 0 Å². The fourth-order valence-electron chi connectivity index (χ4n) is 3.42. The smallest absolute Gasteiger partial charge is 0.373 e. The maximum absolute atomic E-state index is 12.8. The molecule has 0 spiro atoms. The van der Waals surface area contributed by atoms with E-state index in [1.54, 1.807) is 24.3 Å². The molecule has 3 aromatic rings. The molecule has 0 radical (unpaired) electrons. The number of benzene rings is 2. The van der Waals surface area contributed by atoms with Gasteiger partial charge in [0.1, 0.15) is 11.5 Å². The Bertz CT molecular complexity index is 1370. The first kappa shape index (κ1) is 24.3. The lowest BCUT2D eigenvalue weighted by Crippen LogP contribution is -2.30. The van der Waals surface area contributed by atoms with Gasteiger partial charge in [-0.05, 0) is 55.0 Å². The molecular formula is C26H22N2O8. The van der Waals surface area contributed by atoms with Crippen LogP contribution in [0.5, 0.6) is 11.5 Å². The van der Waals surface area contributed by atoms with Gasteiger partial charge < -0.3 is 23.9 Å². The largest absolute Gasteiger partial charge is 0.493 e. The van der Waals surface area contributed by atoms with Gasteiger partial charge in [-0.1, -0.05) is 23.8 Å². The third kappa shape index (κ3) is 5.12. The van der Waals surface area contributed by atoms with Crippen LogP contribution in [-0.4, -0.2) is 43.0 Å². The molecule has 4 rings (SSSR count). The van der Waals surface area contributed by atoms with Crippen molar-refractivity contribution < 1.29 is 37.8 Å². The number of hydrogen-bond acceptors (Lipinski definition) is 8. The van der Waals surface area contributed by atoms with Crippen LogP contribution in [0.4, 0.5) is 4.79 Å². The molecule has 2 aromatic carbocycles. The molecule has 1 fully saturated rings. The minimum absolute atomic E-state index is 0.0335. The molecule has 3 amide bonds. The minimum atomic E-state index is -0.666. The molecule has 1 aromatic heterocycles. The van der Waals surface area contributed by atoms with Crippen LogP contribution >= 0.6 is 0 Å². The zero-order valence-electron chi connectivity index (χ0n) is 19.7. The summed E-state index contributed by atoms with van der Waals surface area (Å²) in [5.74, 6) is -1.11. The summed E-state index contributed by atoms with van der Waals surface area (Å²) in [6.07, 6.45) is 1.47. The van der Waals surface area contributed by atoms with Crippen LogP contribution in [0.15, 0.2) is 64.7 Å². The van der Waals surface area contributed by atoms with E-state index in [0.29, 0.717) is 11.1 Å². The molecule has 2 heterocycles. The average Bonchev–Trinajstić information content (AvgIpc) is 3.45. The van der Waals surface area contributed by atoms with Crippen molar-refractivity contribution in [2.75, 3.05) is 14.2 Å². The minimum Gasteiger partial charge on any atom is -0.493 e. The topological polar surface area (TPSA) is 124 Å². The second-order valence-corrected chi connectivity index (χ2v) is 7.80. The SMILES string of the molecule is COC(=O)c1ccc(CN2C(=O)NC(=Cc3ccc(OC(=O)c4ccc(C)cc4)c(OC)c3)C2=O)o1. The van der Waals surface area contributed by atoms with Gasteiger partial charge in [-0.25, -0.2) is 14.4 Å². The Morgan fingerprint density at radius 3 is 2.42 bits per heavy atom. The molecule has 0 bridgehead atoms. The number of aryl methyl sites for hydroxylation is 1. The highest BCUT2D eigenvalue weighted by molar-refractivity contribution is 6.13. The zero-order valence-corrected chi connectivity index (χ0v) is 19.7. The number of urea groups is 1. The Kier molecular flexibility index (Phi) is 6.86. The molecule has 0 unspecified atom stereocenters. The molecular weight excluding hydrogens is 468 g/mol. The molecule has 0 aliphatic carbocycles. The van der Waals surface area contributed by atoms with E-state index in [0.717, 1.165) is 10.5 Å². The highest BCUT2D eigenvalue weighted by Crippen LogP contribution is 2.30. The highest BCUT2D eigenvalue weighted by atomic mass is 16.6. The Labute approximate surface area is 206 Å². The monoisotopic (exact) mass is 490 g/mol. The van der Waals surface area contributed by atoms with Crippen LogP contribution in [0.3, 0.4) is 0 Å². The lowest BCUT2D eigenvalue weighted by atomic mass is 10.1. The maximum Gasteiger partial charge on any atom is 0.373 e. The van der Waals surface area contributed by atoms with Crippen molar-refractivity contribution in [3.63, 3.8) is 0 Å². The predicted molar refractivity (Wildman–Crippen MR) is 126 cm³/mol. The number of furan rings is 1. The summed E-state index contributed by atoms with van der Waals surface area (Å²) in [4.78, 5) is 50.1. The summed E-state index contributed by atoms with van der Waals surface area (Å²) in [6, 6.07) is 13.9. The van der Waals surface area contributed by atoms with E-state index in [9.17, 15) is 19.2 Å². The molecule has 184 valence electrons. The molecule has 1 aliphatic rings. The first-order chi connectivity index (χ1) is 17.3. The van der Waals surface area contributed by atoms with Crippen molar-refractivity contribution in [3.05, 3.63) is 88.5 Å². The molecule has 0 saturated carbocycles. The van der Waals surface area contributed by atoms with E-state index in [-0.39, 0.29) is 35.3 Å². The van der Waals surface area contributed by atoms with Gasteiger partial charge in [0.25, 0.3) is 5.91 Å². The summed E-state index contributed by atoms with van der Waals surface area (Å²) in [7, 11) is 2.64. The number of methoxy groups -OCH3 is 2. The van der Waals surface area contributed by atoms with E-state index < -0.39 is 23.9 Å². The number of nitrogens with one attached hydrogen (secondary N) is 1. The second kappa shape index (κ2) is 10.2. The van der Waals surface area contributed by atoms with Gasteiger partial charge >= 0.3 is 18.0 Å². The summed E-state index contributed by atoms with van der Waals surface area (Å²) in [6.45, 7) is 1.75. The van der Waals surface area contributed by atoms with Crippen LogP contribution in [0.1, 0.15) is 37.8 Å². The van der Waals surface area contributed by atoms with Gasteiger partial charge in [-0.2, -0.15) is 0 Å². The van der Waals surface area contributed by atoms with Crippen molar-refractivity contribution >= 4 is 30.0 Å². The number of amides is 3. The Morgan fingerprint density at radius 1 is 0.972 bits per heavy atom. The number of carbonyl (C=O) groups is 4. The van der Waals surface area contributed by atoms with Crippen molar-refractivity contribution in [2.45, 2.75) is 13.5 Å². The fourth-order valence-corrected chi connectivity index (χ4v) is 3.42. The number of ether oxygens (including phenoxy) is 3. The maximum atomic E-state index is 12.8. The van der Waals surface area contributed by atoms with E-state index in [1.165, 1.54) is 38.5 Å². The summed E-state index contributed by atoms with van der Waals surface area (Å²) in [5.41, 5.74) is 1.97. The van der Waals surface area contributed by atoms with Crippen molar-refractivity contribution in [1.82, 2.24) is 10.2 Å². The van der Waals surface area contributed by atoms with Gasteiger partial charge in [0.05, 0.1) is 26.3 Å². The fraction of sp³-hybridized carbons (Fsp3) is 0.154. The van der Waals surface area contributed by atoms with Crippen molar-refractivity contribution in [2.24, 2.45) is 0 Å². The average molecular weight is 490 g/mol. The first-order valence-corrected chi connectivity index (χ1v) is 10.8. The van der Waals surface area contributed by atoms with Crippen molar-refractivity contribution in [1.29, 1.82) is 0 Å². The van der Waals surface area contributed by atoms with Gasteiger partial charge in [0, 0.05) is 0 Å². The van der Waals surface area contributed by atoms with Crippen LogP contribution in [0.25, 0.3) is 6.08 Å². The molecule has 0 atom stereocenters. The summed E-state index contributed by atoms with van der Waals surface area (Å²) >= 11 is 0. The Hall–Kier alpha value is -4.86. The quantitative estimate of drug-likeness (QED) is 0.230. The molecule has 1 N–H and O–H groups in total. The Balaban J connectivity index is 1.49. The second-order valence-electron chi connectivity index (χ2n) is 7.80. The molecule has 1 aliphatic heterocycles. The third-order valence-electron chi connectivity index (χ3n) is 5.31. The van der Waals surface area contributed by atoms with Gasteiger partial charge in [0.2, 0.25) is 5.76 Å². The first-order valence-electron chi connectivity index (χ1n) is 10.8. The highest BCUT2D eigenvalue weighted by Gasteiger charge is 2.34. The van der Waals surface area contributed by atoms with Gasteiger partial charge in [-0.15, -0.1) is 0 Å². The number of esters is 2. The van der Waals surface area contributed by atoms with E-state index in [4.69, 9.17) is 13.9 Å². The van der Waals surface area contributed by atoms with Gasteiger partial charge in [0.15, 0.2) is 11.5 Å². The molecule has 1 saturated heterocycles. The number of hydrogen-bond donors (Lipinski definition) is 1. The molecule has 10 heteroatoms. The van der Waals surface area contributed by atoms with E-state index in [2.05, 4.69) is 10.1 Å². The molecule has 10 nitrogen and oxygen atoms in total. The number of imide groups is 1. The van der Waals surface area contributed by atoms with Crippen LogP contribution in [-0.2, 0) is 16.1 Å². The number of carbonyl (C=O) groups excluding carboxylic acids is 4. The Morgan fingerprint density at radius 2 is 1.72 bits per heavy atom. The van der Waals surface area contributed by atoms with Crippen LogP contribution in [0, 0.1) is 6.92 Å². The molecule has 36 heavy (non-hydrogen) atoms. The number of nitrogens with zero attached hydrogens (tertiary/aromatic N) is 1. The van der Waals surface area contributed by atoms with E-state index >= 15 is 0 Å². The zero-order chi connectivity index (χ0) is 25.8. The lowest BCUT2D eigenvalue weighted by Gasteiger charge is -2.10. The summed E-state index contributed by atoms with van der Waals surface area (Å²) in [5, 5.41) is 2.51.